The minimum Gasteiger partial charge on any atom is -0.355 e. The number of piperidine rings is 1. The minimum absolute atomic E-state index is 0.268. The number of alkyl halides is 1. The van der Waals surface area contributed by atoms with Crippen LogP contribution in [0.2, 0.25) is 0 Å². The van der Waals surface area contributed by atoms with Crippen LogP contribution in [0.5, 0.6) is 0 Å². The van der Waals surface area contributed by atoms with E-state index in [1.807, 2.05) is 6.20 Å². The first-order chi connectivity index (χ1) is 7.84. The smallest absolute Gasteiger partial charge is 0.137 e. The lowest BCUT2D eigenvalue weighted by molar-refractivity contribution is 0.581. The molecule has 0 radical (unpaired) electrons. The molecule has 0 saturated carbocycles. The van der Waals surface area contributed by atoms with Gasteiger partial charge in [-0.2, -0.15) is 0 Å². The molecule has 0 aromatic carbocycles. The fourth-order valence-corrected chi connectivity index (χ4v) is 3.35. The zero-order valence-electron chi connectivity index (χ0n) is 8.90. The van der Waals surface area contributed by atoms with Gasteiger partial charge in [0.25, 0.3) is 0 Å². The predicted molar refractivity (Wildman–Crippen MR) is 70.7 cm³/mol. The number of hydrogen-bond donors (Lipinski definition) is 0. The zero-order valence-corrected chi connectivity index (χ0v) is 10.5. The Morgan fingerprint density at radius 3 is 3.25 bits per heavy atom. The van der Waals surface area contributed by atoms with E-state index in [1.54, 1.807) is 11.3 Å². The molecule has 1 unspecified atom stereocenters. The van der Waals surface area contributed by atoms with Crippen molar-refractivity contribution in [1.82, 2.24) is 4.98 Å². The first-order valence-electron chi connectivity index (χ1n) is 5.56. The molecule has 4 heteroatoms. The summed E-state index contributed by atoms with van der Waals surface area (Å²) in [7, 11) is 0. The van der Waals surface area contributed by atoms with Crippen molar-refractivity contribution >= 4 is 38.8 Å². The molecule has 3 heterocycles. The summed E-state index contributed by atoms with van der Waals surface area (Å²) in [4.78, 5) is 6.83. The fourth-order valence-electron chi connectivity index (χ4n) is 2.25. The highest BCUT2D eigenvalue weighted by atomic mass is 35.5. The highest BCUT2D eigenvalue weighted by Gasteiger charge is 2.20. The molecule has 0 spiro atoms. The van der Waals surface area contributed by atoms with Crippen LogP contribution in [-0.2, 0) is 0 Å². The summed E-state index contributed by atoms with van der Waals surface area (Å²) in [6.45, 7) is 1.99. The first kappa shape index (κ1) is 10.4. The minimum atomic E-state index is 0.268. The van der Waals surface area contributed by atoms with Crippen molar-refractivity contribution in [3.63, 3.8) is 0 Å². The Kier molecular flexibility index (Phi) is 2.74. The Labute approximate surface area is 104 Å². The lowest BCUT2D eigenvalue weighted by Gasteiger charge is -2.31. The molecular weight excluding hydrogens is 240 g/mol. The van der Waals surface area contributed by atoms with Gasteiger partial charge in [0.2, 0.25) is 0 Å². The lowest BCUT2D eigenvalue weighted by Crippen LogP contribution is -2.36. The summed E-state index contributed by atoms with van der Waals surface area (Å²) < 4.78 is 1.31. The Hall–Kier alpha value is -0.800. The van der Waals surface area contributed by atoms with Gasteiger partial charge in [0.15, 0.2) is 0 Å². The predicted octanol–water partition coefficient (Wildman–Crippen LogP) is 3.50. The molecule has 2 nitrogen and oxygen atoms in total. The topological polar surface area (TPSA) is 16.1 Å². The Balaban J connectivity index is 2.01. The number of pyridine rings is 1. The molecule has 1 fully saturated rings. The molecule has 16 heavy (non-hydrogen) atoms. The van der Waals surface area contributed by atoms with Crippen LogP contribution >= 0.6 is 22.9 Å². The lowest BCUT2D eigenvalue weighted by atomic mass is 10.1. The Bertz CT molecular complexity index is 496. The van der Waals surface area contributed by atoms with Crippen molar-refractivity contribution < 1.29 is 0 Å². The number of fused-ring (bicyclic) bond motifs is 1. The number of hydrogen-bond acceptors (Lipinski definition) is 3. The van der Waals surface area contributed by atoms with Crippen LogP contribution in [-0.4, -0.2) is 23.5 Å². The zero-order chi connectivity index (χ0) is 11.0. The van der Waals surface area contributed by atoms with Gasteiger partial charge in [-0.3, -0.25) is 0 Å². The molecule has 1 aliphatic rings. The van der Waals surface area contributed by atoms with Gasteiger partial charge in [-0.05, 0) is 30.4 Å². The van der Waals surface area contributed by atoms with Gasteiger partial charge < -0.3 is 4.90 Å². The van der Waals surface area contributed by atoms with Crippen LogP contribution < -0.4 is 4.90 Å². The van der Waals surface area contributed by atoms with Gasteiger partial charge in [0.05, 0.1) is 5.38 Å². The molecule has 1 atom stereocenters. The van der Waals surface area contributed by atoms with Gasteiger partial charge in [0.1, 0.15) is 5.82 Å². The van der Waals surface area contributed by atoms with Crippen molar-refractivity contribution in [1.29, 1.82) is 0 Å². The van der Waals surface area contributed by atoms with E-state index in [0.29, 0.717) is 0 Å². The van der Waals surface area contributed by atoms with Crippen LogP contribution in [0.3, 0.4) is 0 Å². The normalized spacial score (nSPS) is 21.6. The molecule has 0 aliphatic carbocycles. The highest BCUT2D eigenvalue weighted by Crippen LogP contribution is 2.30. The summed E-state index contributed by atoms with van der Waals surface area (Å²) in [5.74, 6) is 1.10. The van der Waals surface area contributed by atoms with E-state index >= 15 is 0 Å². The van der Waals surface area contributed by atoms with E-state index in [1.165, 1.54) is 10.1 Å². The summed E-state index contributed by atoms with van der Waals surface area (Å²) in [6, 6.07) is 4.23. The van der Waals surface area contributed by atoms with E-state index in [-0.39, 0.29) is 5.38 Å². The number of anilines is 1. The highest BCUT2D eigenvalue weighted by molar-refractivity contribution is 7.17. The standard InChI is InChI=1S/C12H13ClN2S/c13-9-2-1-6-15(8-9)12-10-4-7-16-11(10)3-5-14-12/h3-5,7,9H,1-2,6,8H2. The van der Waals surface area contributed by atoms with Crippen LogP contribution in [0.1, 0.15) is 12.8 Å². The number of nitrogens with zero attached hydrogens (tertiary/aromatic N) is 2. The second-order valence-electron chi connectivity index (χ2n) is 4.15. The van der Waals surface area contributed by atoms with E-state index in [4.69, 9.17) is 11.6 Å². The molecule has 2 aromatic rings. The Morgan fingerprint density at radius 1 is 1.44 bits per heavy atom. The molecule has 0 N–H and O–H groups in total. The van der Waals surface area contributed by atoms with Crippen LogP contribution in [0, 0.1) is 0 Å². The van der Waals surface area contributed by atoms with Crippen LogP contribution in [0.15, 0.2) is 23.7 Å². The summed E-state index contributed by atoms with van der Waals surface area (Å²) in [5, 5.41) is 3.65. The molecule has 1 aliphatic heterocycles. The van der Waals surface area contributed by atoms with Gasteiger partial charge in [-0.25, -0.2) is 4.98 Å². The molecule has 0 amide bonds. The van der Waals surface area contributed by atoms with Gasteiger partial charge >= 0.3 is 0 Å². The molecule has 3 rings (SSSR count). The summed E-state index contributed by atoms with van der Waals surface area (Å²) in [5.41, 5.74) is 0. The second-order valence-corrected chi connectivity index (χ2v) is 5.72. The summed E-state index contributed by atoms with van der Waals surface area (Å²) in [6.07, 6.45) is 4.18. The van der Waals surface area contributed by atoms with Crippen molar-refractivity contribution in [2.45, 2.75) is 18.2 Å². The fraction of sp³-hybridized carbons (Fsp3) is 0.417. The van der Waals surface area contributed by atoms with Crippen molar-refractivity contribution in [2.75, 3.05) is 18.0 Å². The van der Waals surface area contributed by atoms with Crippen LogP contribution in [0.25, 0.3) is 10.1 Å². The van der Waals surface area contributed by atoms with E-state index < -0.39 is 0 Å². The summed E-state index contributed by atoms with van der Waals surface area (Å²) >= 11 is 7.99. The molecular formula is C12H13ClN2S. The second kappa shape index (κ2) is 4.22. The molecule has 1 saturated heterocycles. The maximum absolute atomic E-state index is 6.22. The average molecular weight is 253 g/mol. The maximum Gasteiger partial charge on any atom is 0.137 e. The van der Waals surface area contributed by atoms with Gasteiger partial charge in [-0.15, -0.1) is 22.9 Å². The van der Waals surface area contributed by atoms with Gasteiger partial charge in [0, 0.05) is 29.4 Å². The van der Waals surface area contributed by atoms with Crippen LogP contribution in [0.4, 0.5) is 5.82 Å². The monoisotopic (exact) mass is 252 g/mol. The number of aromatic nitrogens is 1. The third kappa shape index (κ3) is 1.78. The van der Waals surface area contributed by atoms with E-state index in [9.17, 15) is 0 Å². The maximum atomic E-state index is 6.22. The Morgan fingerprint density at radius 2 is 2.38 bits per heavy atom. The van der Waals surface area contributed by atoms with Gasteiger partial charge in [-0.1, -0.05) is 0 Å². The number of rotatable bonds is 1. The quantitative estimate of drug-likeness (QED) is 0.722. The molecule has 2 aromatic heterocycles. The largest absolute Gasteiger partial charge is 0.355 e. The molecule has 84 valence electrons. The number of halogens is 1. The van der Waals surface area contributed by atoms with Crippen molar-refractivity contribution in [3.8, 4) is 0 Å². The van der Waals surface area contributed by atoms with Crippen molar-refractivity contribution in [3.05, 3.63) is 23.7 Å². The number of thiophene rings is 1. The van der Waals surface area contributed by atoms with Crippen molar-refractivity contribution in [2.24, 2.45) is 0 Å². The third-order valence-corrected chi connectivity index (χ3v) is 4.26. The van der Waals surface area contributed by atoms with E-state index in [0.717, 1.165) is 31.7 Å². The third-order valence-electron chi connectivity index (χ3n) is 3.02. The SMILES string of the molecule is ClC1CCCN(c2nccc3sccc23)C1. The average Bonchev–Trinajstić information content (AvgIpc) is 2.76. The first-order valence-corrected chi connectivity index (χ1v) is 6.87. The van der Waals surface area contributed by atoms with E-state index in [2.05, 4.69) is 27.4 Å². The molecule has 0 bridgehead atoms.